The molecule has 0 aromatic heterocycles. The van der Waals surface area contributed by atoms with Crippen LogP contribution >= 0.6 is 0 Å². The summed E-state index contributed by atoms with van der Waals surface area (Å²) in [4.78, 5) is 54.6. The lowest BCUT2D eigenvalue weighted by Gasteiger charge is -2.36. The van der Waals surface area contributed by atoms with Crippen molar-refractivity contribution in [1.29, 1.82) is 0 Å². The Morgan fingerprint density at radius 1 is 1.02 bits per heavy atom. The molecule has 3 rings (SSSR count). The van der Waals surface area contributed by atoms with Crippen molar-refractivity contribution >= 4 is 23.6 Å². The number of hydrogen-bond acceptors (Lipinski definition) is 10. The predicted molar refractivity (Wildman–Crippen MR) is 197 cm³/mol. The van der Waals surface area contributed by atoms with Gasteiger partial charge in [-0.15, -0.1) is 0 Å². The first-order valence-electron chi connectivity index (χ1n) is 17.9. The van der Waals surface area contributed by atoms with E-state index in [2.05, 4.69) is 6.58 Å². The lowest BCUT2D eigenvalue weighted by Crippen LogP contribution is -2.53. The molecular weight excluding hydrogens is 685 g/mol. The topological polar surface area (TPSA) is 138 Å². The van der Waals surface area contributed by atoms with E-state index in [-0.39, 0.29) is 55.7 Å². The van der Waals surface area contributed by atoms with Gasteiger partial charge in [0, 0.05) is 24.3 Å². The fourth-order valence-electron chi connectivity index (χ4n) is 5.59. The number of esters is 2. The highest BCUT2D eigenvalue weighted by Crippen LogP contribution is 2.40. The predicted octanol–water partition coefficient (Wildman–Crippen LogP) is 7.09. The number of carbonyl (C=O) groups is 4. The Kier molecular flexibility index (Phi) is 15.5. The smallest absolute Gasteiger partial charge is 0.330 e. The van der Waals surface area contributed by atoms with Gasteiger partial charge >= 0.3 is 11.9 Å². The Hall–Kier alpha value is -4.87. The van der Waals surface area contributed by atoms with E-state index in [1.165, 1.54) is 39.0 Å². The van der Waals surface area contributed by atoms with E-state index >= 15 is 4.39 Å². The molecule has 12 heteroatoms. The number of hydrogen-bond donors (Lipinski definition) is 1. The summed E-state index contributed by atoms with van der Waals surface area (Å²) in [6.07, 6.45) is 3.50. The van der Waals surface area contributed by atoms with Gasteiger partial charge in [-0.1, -0.05) is 46.4 Å². The number of ether oxygens (including phenoxy) is 5. The van der Waals surface area contributed by atoms with E-state index < -0.39 is 52.8 Å². The van der Waals surface area contributed by atoms with E-state index in [4.69, 9.17) is 23.7 Å². The molecule has 2 atom stereocenters. The second kappa shape index (κ2) is 19.3. The second-order valence-corrected chi connectivity index (χ2v) is 14.5. The molecule has 0 saturated carbocycles. The lowest BCUT2D eigenvalue weighted by molar-refractivity contribution is -0.165. The number of piperidine rings is 1. The molecule has 1 aliphatic rings. The van der Waals surface area contributed by atoms with E-state index in [9.17, 15) is 24.3 Å². The zero-order chi connectivity index (χ0) is 39.5. The fourth-order valence-corrected chi connectivity index (χ4v) is 5.59. The molecule has 11 nitrogen and oxygen atoms in total. The van der Waals surface area contributed by atoms with Gasteiger partial charge in [-0.2, -0.15) is 0 Å². The van der Waals surface area contributed by atoms with Gasteiger partial charge in [-0.25, -0.2) is 14.0 Å². The number of halogens is 1. The third kappa shape index (κ3) is 11.8. The first kappa shape index (κ1) is 42.5. The number of amides is 1. The average molecular weight is 740 g/mol. The van der Waals surface area contributed by atoms with Crippen LogP contribution in [0.15, 0.2) is 54.6 Å². The van der Waals surface area contributed by atoms with E-state index in [1.54, 1.807) is 18.2 Å². The SMILES string of the molecule is C=C(COc1cc(F)cc([C@@H](CCc2ccc(OC)c(OC)c2)OC(=O)[C@@H]2CCCCN2C(=O)C(=O)C(C)(C)COC(=O)C=CC(C)C)c1O)C(C)C. The Labute approximate surface area is 312 Å². The molecule has 0 unspecified atom stereocenters. The minimum atomic E-state index is -1.38. The summed E-state index contributed by atoms with van der Waals surface area (Å²) >= 11 is 0. The van der Waals surface area contributed by atoms with Crippen molar-refractivity contribution in [3.05, 3.63) is 71.6 Å². The van der Waals surface area contributed by atoms with Gasteiger partial charge in [0.05, 0.1) is 19.6 Å². The molecule has 290 valence electrons. The number of rotatable bonds is 18. The molecule has 1 heterocycles. The number of aryl methyl sites for hydroxylation is 1. The molecule has 0 bridgehead atoms. The number of methoxy groups -OCH3 is 2. The van der Waals surface area contributed by atoms with Gasteiger partial charge < -0.3 is 33.7 Å². The Balaban J connectivity index is 1.91. The number of ketones is 1. The van der Waals surface area contributed by atoms with Crippen molar-refractivity contribution in [3.63, 3.8) is 0 Å². The molecule has 0 spiro atoms. The lowest BCUT2D eigenvalue weighted by atomic mass is 9.87. The normalized spacial score (nSPS) is 15.3. The molecule has 1 fully saturated rings. The summed E-state index contributed by atoms with van der Waals surface area (Å²) in [7, 11) is 3.03. The Bertz CT molecular complexity index is 1660. The number of allylic oxidation sites excluding steroid dienone is 1. The zero-order valence-electron chi connectivity index (χ0n) is 32.2. The van der Waals surface area contributed by atoms with Crippen LogP contribution in [0.4, 0.5) is 4.39 Å². The summed E-state index contributed by atoms with van der Waals surface area (Å²) in [6.45, 7) is 14.4. The highest BCUT2D eigenvalue weighted by molar-refractivity contribution is 6.38. The highest BCUT2D eigenvalue weighted by atomic mass is 19.1. The molecule has 1 saturated heterocycles. The summed E-state index contributed by atoms with van der Waals surface area (Å²) in [5.41, 5.74) is 0.111. The highest BCUT2D eigenvalue weighted by Gasteiger charge is 2.42. The summed E-state index contributed by atoms with van der Waals surface area (Å²) in [5.74, 6) is -3.23. The quantitative estimate of drug-likeness (QED) is 0.0730. The second-order valence-electron chi connectivity index (χ2n) is 14.5. The summed E-state index contributed by atoms with van der Waals surface area (Å²) in [5, 5.41) is 11.4. The molecule has 0 radical (unpaired) electrons. The van der Waals surface area contributed by atoms with Crippen LogP contribution in [-0.2, 0) is 35.1 Å². The molecule has 1 N–H and O–H groups in total. The van der Waals surface area contributed by atoms with Crippen molar-refractivity contribution in [1.82, 2.24) is 4.90 Å². The fraction of sp³-hybridized carbons (Fsp3) is 0.512. The van der Waals surface area contributed by atoms with Gasteiger partial charge in [0.15, 0.2) is 23.0 Å². The molecule has 2 aromatic carbocycles. The third-order valence-electron chi connectivity index (χ3n) is 9.08. The van der Waals surface area contributed by atoms with E-state index in [0.29, 0.717) is 30.8 Å². The molecule has 1 amide bonds. The van der Waals surface area contributed by atoms with Crippen LogP contribution in [0.5, 0.6) is 23.0 Å². The summed E-state index contributed by atoms with van der Waals surface area (Å²) in [6, 6.07) is 6.31. The largest absolute Gasteiger partial charge is 0.504 e. The van der Waals surface area contributed by atoms with Gasteiger partial charge in [0.2, 0.25) is 5.78 Å². The van der Waals surface area contributed by atoms with Crippen molar-refractivity contribution in [2.45, 2.75) is 85.8 Å². The third-order valence-corrected chi connectivity index (χ3v) is 9.08. The maximum absolute atomic E-state index is 15.1. The first-order chi connectivity index (χ1) is 25.0. The molecule has 2 aromatic rings. The van der Waals surface area contributed by atoms with Crippen molar-refractivity contribution < 1.29 is 52.4 Å². The van der Waals surface area contributed by atoms with Gasteiger partial charge in [-0.05, 0) is 87.1 Å². The van der Waals surface area contributed by atoms with Crippen molar-refractivity contribution in [2.24, 2.45) is 17.3 Å². The van der Waals surface area contributed by atoms with Crippen LogP contribution in [-0.4, -0.2) is 73.7 Å². The Morgan fingerprint density at radius 3 is 2.36 bits per heavy atom. The van der Waals surface area contributed by atoms with Gasteiger partial charge in [0.1, 0.15) is 31.2 Å². The van der Waals surface area contributed by atoms with Crippen molar-refractivity contribution in [2.75, 3.05) is 34.0 Å². The van der Waals surface area contributed by atoms with Crippen LogP contribution in [0.25, 0.3) is 0 Å². The van der Waals surface area contributed by atoms with Crippen LogP contribution in [0.3, 0.4) is 0 Å². The zero-order valence-corrected chi connectivity index (χ0v) is 32.2. The van der Waals surface area contributed by atoms with Gasteiger partial charge in [0.25, 0.3) is 5.91 Å². The van der Waals surface area contributed by atoms with Gasteiger partial charge in [-0.3, -0.25) is 9.59 Å². The summed E-state index contributed by atoms with van der Waals surface area (Å²) < 4.78 is 43.0. The number of carbonyl (C=O) groups excluding carboxylic acids is 4. The number of Topliss-reactive ketones (excluding diaryl/α,β-unsaturated/α-hetero) is 1. The average Bonchev–Trinajstić information content (AvgIpc) is 3.13. The maximum Gasteiger partial charge on any atom is 0.330 e. The molecule has 1 aliphatic heterocycles. The first-order valence-corrected chi connectivity index (χ1v) is 17.9. The number of phenols is 1. The van der Waals surface area contributed by atoms with Crippen LogP contribution in [0.1, 0.15) is 84.5 Å². The van der Waals surface area contributed by atoms with E-state index in [0.717, 1.165) is 23.3 Å². The molecule has 0 aliphatic carbocycles. The number of phenolic OH excluding ortho intramolecular Hbond substituents is 1. The Morgan fingerprint density at radius 2 is 1.72 bits per heavy atom. The maximum atomic E-state index is 15.1. The monoisotopic (exact) mass is 739 g/mol. The van der Waals surface area contributed by atoms with Crippen LogP contribution in [0, 0.1) is 23.1 Å². The van der Waals surface area contributed by atoms with E-state index in [1.807, 2.05) is 33.8 Å². The van der Waals surface area contributed by atoms with Crippen LogP contribution in [0.2, 0.25) is 0 Å². The minimum Gasteiger partial charge on any atom is -0.504 e. The minimum absolute atomic E-state index is 0.0248. The standard InChI is InChI=1S/C41H54FNO10/c1-25(2)13-18-36(44)52-24-41(6,7)38(46)39(47)43-19-11-10-12-31(43)40(48)53-32(16-14-28-15-17-33(49-8)34(20-28)50-9)30-21-29(42)22-35(37(30)45)51-23-27(5)26(3)4/h13,15,17-18,20-22,25-26,31-32,45H,5,10-12,14,16,19,23-24H2,1-4,6-9H3/t31-,32+/m0/s1. The van der Waals surface area contributed by atoms with Crippen molar-refractivity contribution in [3.8, 4) is 23.0 Å². The number of nitrogens with zero attached hydrogens (tertiary/aromatic N) is 1. The number of likely N-dealkylation sites (tertiary alicyclic amines) is 1. The molecular formula is C41H54FNO10. The number of aromatic hydroxyl groups is 1. The van der Waals surface area contributed by atoms with Crippen LogP contribution < -0.4 is 14.2 Å². The molecule has 53 heavy (non-hydrogen) atoms. The number of benzene rings is 2.